The van der Waals surface area contributed by atoms with Crippen LogP contribution in [0.25, 0.3) is 10.8 Å². The number of hydrogen-bond donors (Lipinski definition) is 0. The predicted octanol–water partition coefficient (Wildman–Crippen LogP) is 4.41. The molecule has 2 rings (SSSR count). The zero-order chi connectivity index (χ0) is 13.7. The zero-order valence-corrected chi connectivity index (χ0v) is 12.9. The van der Waals surface area contributed by atoms with Crippen LogP contribution in [-0.4, -0.2) is 30.0 Å². The van der Waals surface area contributed by atoms with E-state index in [0.717, 1.165) is 6.54 Å². The maximum absolute atomic E-state index is 2.46. The molecule has 2 aromatic rings. The molecule has 2 heteroatoms. The molecule has 102 valence electrons. The second kappa shape index (κ2) is 6.97. The van der Waals surface area contributed by atoms with Gasteiger partial charge in [-0.05, 0) is 48.7 Å². The SMILES string of the molecule is CSCC[C@H](C)N(C)Cc1cccc2ccccc12. The summed E-state index contributed by atoms with van der Waals surface area (Å²) in [6.45, 7) is 3.35. The zero-order valence-electron chi connectivity index (χ0n) is 12.1. The molecule has 0 spiro atoms. The van der Waals surface area contributed by atoms with Crippen molar-refractivity contribution < 1.29 is 0 Å². The van der Waals surface area contributed by atoms with E-state index >= 15 is 0 Å². The average Bonchev–Trinajstić information content (AvgIpc) is 2.45. The fourth-order valence-electron chi connectivity index (χ4n) is 2.36. The maximum atomic E-state index is 2.46. The third-order valence-electron chi connectivity index (χ3n) is 3.79. The van der Waals surface area contributed by atoms with Crippen molar-refractivity contribution in [3.05, 3.63) is 48.0 Å². The maximum Gasteiger partial charge on any atom is 0.0239 e. The van der Waals surface area contributed by atoms with Gasteiger partial charge in [0.05, 0.1) is 0 Å². The van der Waals surface area contributed by atoms with Crippen molar-refractivity contribution in [3.63, 3.8) is 0 Å². The molecule has 0 saturated heterocycles. The molecule has 0 bridgehead atoms. The van der Waals surface area contributed by atoms with Gasteiger partial charge in [-0.3, -0.25) is 4.90 Å². The van der Waals surface area contributed by atoms with E-state index in [9.17, 15) is 0 Å². The highest BCUT2D eigenvalue weighted by Gasteiger charge is 2.10. The van der Waals surface area contributed by atoms with Gasteiger partial charge in [-0.2, -0.15) is 11.8 Å². The van der Waals surface area contributed by atoms with E-state index in [2.05, 4.69) is 67.6 Å². The lowest BCUT2D eigenvalue weighted by Gasteiger charge is -2.25. The summed E-state index contributed by atoms with van der Waals surface area (Å²) in [5.74, 6) is 1.24. The van der Waals surface area contributed by atoms with Gasteiger partial charge in [0.25, 0.3) is 0 Å². The normalized spacial score (nSPS) is 13.1. The highest BCUT2D eigenvalue weighted by molar-refractivity contribution is 7.98. The molecule has 0 N–H and O–H groups in total. The minimum atomic E-state index is 0.631. The van der Waals surface area contributed by atoms with Crippen molar-refractivity contribution in [2.24, 2.45) is 0 Å². The molecule has 1 atom stereocenters. The van der Waals surface area contributed by atoms with Crippen LogP contribution in [0.15, 0.2) is 42.5 Å². The van der Waals surface area contributed by atoms with Crippen molar-refractivity contribution in [3.8, 4) is 0 Å². The first-order chi connectivity index (χ1) is 9.22. The predicted molar refractivity (Wildman–Crippen MR) is 87.9 cm³/mol. The quantitative estimate of drug-likeness (QED) is 0.767. The minimum Gasteiger partial charge on any atom is -0.299 e. The van der Waals surface area contributed by atoms with Crippen molar-refractivity contribution in [1.82, 2.24) is 4.90 Å². The number of fused-ring (bicyclic) bond motifs is 1. The Morgan fingerprint density at radius 2 is 1.84 bits per heavy atom. The van der Waals surface area contributed by atoms with E-state index in [0.29, 0.717) is 6.04 Å². The number of hydrogen-bond acceptors (Lipinski definition) is 2. The molecule has 0 aliphatic rings. The molecule has 0 amide bonds. The van der Waals surface area contributed by atoms with E-state index in [-0.39, 0.29) is 0 Å². The summed E-state index contributed by atoms with van der Waals surface area (Å²) < 4.78 is 0. The van der Waals surface area contributed by atoms with Gasteiger partial charge in [-0.15, -0.1) is 0 Å². The van der Waals surface area contributed by atoms with Gasteiger partial charge < -0.3 is 0 Å². The van der Waals surface area contributed by atoms with Crippen molar-refractivity contribution in [1.29, 1.82) is 0 Å². The monoisotopic (exact) mass is 273 g/mol. The Bertz CT molecular complexity index is 518. The fraction of sp³-hybridized carbons (Fsp3) is 0.412. The highest BCUT2D eigenvalue weighted by Crippen LogP contribution is 2.20. The molecule has 1 nitrogen and oxygen atoms in total. The first-order valence-corrected chi connectivity index (χ1v) is 8.27. The van der Waals surface area contributed by atoms with Crippen molar-refractivity contribution in [2.75, 3.05) is 19.1 Å². The molecule has 0 heterocycles. The molecular weight excluding hydrogens is 250 g/mol. The lowest BCUT2D eigenvalue weighted by molar-refractivity contribution is 0.246. The Kier molecular flexibility index (Phi) is 5.29. The Morgan fingerprint density at radius 3 is 2.63 bits per heavy atom. The summed E-state index contributed by atoms with van der Waals surface area (Å²) in [5.41, 5.74) is 1.43. The molecule has 0 saturated carbocycles. The first-order valence-electron chi connectivity index (χ1n) is 6.88. The van der Waals surface area contributed by atoms with E-state index in [1.54, 1.807) is 0 Å². The summed E-state index contributed by atoms with van der Waals surface area (Å²) in [6.07, 6.45) is 3.43. The van der Waals surface area contributed by atoms with E-state index in [1.807, 2.05) is 11.8 Å². The Morgan fingerprint density at radius 1 is 1.11 bits per heavy atom. The van der Waals surface area contributed by atoms with E-state index in [4.69, 9.17) is 0 Å². The average molecular weight is 273 g/mol. The Balaban J connectivity index is 2.12. The Labute approximate surface area is 121 Å². The fourth-order valence-corrected chi connectivity index (χ4v) is 2.94. The number of benzene rings is 2. The van der Waals surface area contributed by atoms with Gasteiger partial charge in [-0.25, -0.2) is 0 Å². The second-order valence-electron chi connectivity index (χ2n) is 5.18. The molecule has 0 unspecified atom stereocenters. The second-order valence-corrected chi connectivity index (χ2v) is 6.17. The van der Waals surface area contributed by atoms with Gasteiger partial charge in [0.15, 0.2) is 0 Å². The number of thioether (sulfide) groups is 1. The molecular formula is C17H23NS. The number of nitrogens with zero attached hydrogens (tertiary/aromatic N) is 1. The largest absolute Gasteiger partial charge is 0.299 e. The van der Waals surface area contributed by atoms with E-state index < -0.39 is 0 Å². The van der Waals surface area contributed by atoms with Crippen LogP contribution in [0.4, 0.5) is 0 Å². The lowest BCUT2D eigenvalue weighted by atomic mass is 10.0. The van der Waals surface area contributed by atoms with Crippen LogP contribution in [0.3, 0.4) is 0 Å². The topological polar surface area (TPSA) is 3.24 Å². The highest BCUT2D eigenvalue weighted by atomic mass is 32.2. The summed E-state index contributed by atoms with van der Waals surface area (Å²) in [6, 6.07) is 15.9. The molecule has 0 aliphatic carbocycles. The van der Waals surface area contributed by atoms with Crippen molar-refractivity contribution in [2.45, 2.75) is 25.9 Å². The van der Waals surface area contributed by atoms with Crippen LogP contribution in [-0.2, 0) is 6.54 Å². The molecule has 2 aromatic carbocycles. The number of rotatable bonds is 6. The molecule has 0 fully saturated rings. The van der Waals surface area contributed by atoms with Gasteiger partial charge in [0.2, 0.25) is 0 Å². The smallest absolute Gasteiger partial charge is 0.0239 e. The minimum absolute atomic E-state index is 0.631. The summed E-state index contributed by atoms with van der Waals surface area (Å²) in [7, 11) is 2.23. The third kappa shape index (κ3) is 3.74. The molecule has 19 heavy (non-hydrogen) atoms. The Hall–Kier alpha value is -0.990. The van der Waals surface area contributed by atoms with Gasteiger partial charge in [-0.1, -0.05) is 42.5 Å². The van der Waals surface area contributed by atoms with Gasteiger partial charge in [0, 0.05) is 12.6 Å². The summed E-state index contributed by atoms with van der Waals surface area (Å²) in [4.78, 5) is 2.46. The molecule has 0 aliphatic heterocycles. The van der Waals surface area contributed by atoms with Crippen molar-refractivity contribution >= 4 is 22.5 Å². The van der Waals surface area contributed by atoms with Crippen LogP contribution < -0.4 is 0 Å². The summed E-state index contributed by atoms with van der Waals surface area (Å²) >= 11 is 1.93. The molecule has 0 aromatic heterocycles. The van der Waals surface area contributed by atoms with Gasteiger partial charge in [0.1, 0.15) is 0 Å². The van der Waals surface area contributed by atoms with Crippen LogP contribution in [0.1, 0.15) is 18.9 Å². The van der Waals surface area contributed by atoms with Crippen LogP contribution in [0, 0.1) is 0 Å². The third-order valence-corrected chi connectivity index (χ3v) is 4.44. The van der Waals surface area contributed by atoms with Crippen LogP contribution in [0.2, 0.25) is 0 Å². The van der Waals surface area contributed by atoms with Gasteiger partial charge >= 0.3 is 0 Å². The van der Waals surface area contributed by atoms with Crippen LogP contribution in [0.5, 0.6) is 0 Å². The molecule has 0 radical (unpaired) electrons. The van der Waals surface area contributed by atoms with E-state index in [1.165, 1.54) is 28.5 Å². The van der Waals surface area contributed by atoms with Crippen LogP contribution >= 0.6 is 11.8 Å². The first kappa shape index (κ1) is 14.4. The standard InChI is InChI=1S/C17H23NS/c1-14(11-12-19-3)18(2)13-16-9-6-8-15-7-4-5-10-17(15)16/h4-10,14H,11-13H2,1-3H3/t14-/m0/s1. The lowest BCUT2D eigenvalue weighted by Crippen LogP contribution is -2.29. The summed E-state index contributed by atoms with van der Waals surface area (Å²) in [5, 5.41) is 2.72.